The zero-order chi connectivity index (χ0) is 13.0. The van der Waals surface area contributed by atoms with Crippen molar-refractivity contribution in [2.75, 3.05) is 6.67 Å². The molecule has 0 radical (unpaired) electrons. The molecular formula is C16H17FO. The summed E-state index contributed by atoms with van der Waals surface area (Å²) in [4.78, 5) is 0. The van der Waals surface area contributed by atoms with E-state index in [0.29, 0.717) is 0 Å². The fourth-order valence-electron chi connectivity index (χ4n) is 1.98. The summed E-state index contributed by atoms with van der Waals surface area (Å²) in [5.41, 5.74) is 1.88. The molecule has 1 atom stereocenters. The molecule has 0 aromatic heterocycles. The maximum absolute atomic E-state index is 12.4. The van der Waals surface area contributed by atoms with E-state index in [-0.39, 0.29) is 6.42 Å². The molecule has 2 aromatic carbocycles. The standard InChI is InChI=1S/C16H17FO/c1-16(18,11-12-17)15-9-7-14(8-10-15)13-5-3-2-4-6-13/h2-10,18H,11-12H2,1H3. The van der Waals surface area contributed by atoms with Gasteiger partial charge in [-0.15, -0.1) is 0 Å². The molecule has 0 aliphatic rings. The minimum absolute atomic E-state index is 0.123. The summed E-state index contributed by atoms with van der Waals surface area (Å²) in [5.74, 6) is 0. The lowest BCUT2D eigenvalue weighted by atomic mass is 9.91. The normalized spacial score (nSPS) is 14.2. The molecule has 0 saturated heterocycles. The van der Waals surface area contributed by atoms with Gasteiger partial charge in [-0.05, 0) is 23.6 Å². The van der Waals surface area contributed by atoms with Gasteiger partial charge in [0, 0.05) is 6.42 Å². The number of alkyl halides is 1. The Morgan fingerprint density at radius 1 is 0.944 bits per heavy atom. The van der Waals surface area contributed by atoms with E-state index in [1.165, 1.54) is 0 Å². The molecule has 0 heterocycles. The van der Waals surface area contributed by atoms with Gasteiger partial charge in [0.15, 0.2) is 0 Å². The number of halogens is 1. The molecule has 0 saturated carbocycles. The van der Waals surface area contributed by atoms with E-state index in [9.17, 15) is 9.50 Å². The highest BCUT2D eigenvalue weighted by molar-refractivity contribution is 5.63. The van der Waals surface area contributed by atoms with Crippen molar-refractivity contribution < 1.29 is 9.50 Å². The number of benzene rings is 2. The summed E-state index contributed by atoms with van der Waals surface area (Å²) in [7, 11) is 0. The predicted octanol–water partition coefficient (Wildman–Crippen LogP) is 3.92. The van der Waals surface area contributed by atoms with E-state index in [0.717, 1.165) is 16.7 Å². The largest absolute Gasteiger partial charge is 0.385 e. The van der Waals surface area contributed by atoms with Gasteiger partial charge in [-0.1, -0.05) is 54.6 Å². The lowest BCUT2D eigenvalue weighted by Crippen LogP contribution is -2.21. The molecular weight excluding hydrogens is 227 g/mol. The van der Waals surface area contributed by atoms with Crippen LogP contribution in [0.1, 0.15) is 18.9 Å². The topological polar surface area (TPSA) is 20.2 Å². The number of hydrogen-bond acceptors (Lipinski definition) is 1. The van der Waals surface area contributed by atoms with Crippen molar-refractivity contribution in [3.8, 4) is 11.1 Å². The number of rotatable bonds is 4. The Balaban J connectivity index is 2.26. The zero-order valence-electron chi connectivity index (χ0n) is 10.4. The van der Waals surface area contributed by atoms with Crippen LogP contribution in [0.4, 0.5) is 4.39 Å². The van der Waals surface area contributed by atoms with Crippen LogP contribution in [0.25, 0.3) is 11.1 Å². The van der Waals surface area contributed by atoms with E-state index in [2.05, 4.69) is 0 Å². The summed E-state index contributed by atoms with van der Waals surface area (Å²) in [6.45, 7) is 1.12. The second-order valence-electron chi connectivity index (χ2n) is 4.66. The van der Waals surface area contributed by atoms with Crippen molar-refractivity contribution in [1.82, 2.24) is 0 Å². The van der Waals surface area contributed by atoms with Crippen LogP contribution in [0.15, 0.2) is 54.6 Å². The van der Waals surface area contributed by atoms with Gasteiger partial charge in [-0.2, -0.15) is 0 Å². The Hall–Kier alpha value is -1.67. The molecule has 2 rings (SSSR count). The highest BCUT2D eigenvalue weighted by Gasteiger charge is 2.22. The lowest BCUT2D eigenvalue weighted by molar-refractivity contribution is 0.0408. The van der Waals surface area contributed by atoms with E-state index >= 15 is 0 Å². The third-order valence-corrected chi connectivity index (χ3v) is 3.20. The maximum atomic E-state index is 12.4. The molecule has 2 aromatic rings. The molecule has 0 aliphatic heterocycles. The van der Waals surface area contributed by atoms with Gasteiger partial charge in [0.25, 0.3) is 0 Å². The SMILES string of the molecule is CC(O)(CCF)c1ccc(-c2ccccc2)cc1. The fourth-order valence-corrected chi connectivity index (χ4v) is 1.98. The van der Waals surface area contributed by atoms with Crippen LogP contribution in [-0.2, 0) is 5.60 Å². The lowest BCUT2D eigenvalue weighted by Gasteiger charge is -2.22. The van der Waals surface area contributed by atoms with Crippen LogP contribution in [0.2, 0.25) is 0 Å². The Morgan fingerprint density at radius 2 is 1.50 bits per heavy atom. The Labute approximate surface area is 107 Å². The number of hydrogen-bond donors (Lipinski definition) is 1. The second-order valence-corrected chi connectivity index (χ2v) is 4.66. The second kappa shape index (κ2) is 5.32. The van der Waals surface area contributed by atoms with Crippen molar-refractivity contribution in [2.24, 2.45) is 0 Å². The molecule has 0 spiro atoms. The molecule has 94 valence electrons. The van der Waals surface area contributed by atoms with E-state index in [4.69, 9.17) is 0 Å². The highest BCUT2D eigenvalue weighted by atomic mass is 19.1. The summed E-state index contributed by atoms with van der Waals surface area (Å²) >= 11 is 0. The Morgan fingerprint density at radius 3 is 2.06 bits per heavy atom. The third kappa shape index (κ3) is 2.77. The molecule has 1 N–H and O–H groups in total. The summed E-state index contributed by atoms with van der Waals surface area (Å²) in [5, 5.41) is 10.1. The van der Waals surface area contributed by atoms with Gasteiger partial charge in [0.2, 0.25) is 0 Å². The summed E-state index contributed by atoms with van der Waals surface area (Å²) in [6.07, 6.45) is 0.123. The fraction of sp³-hybridized carbons (Fsp3) is 0.250. The third-order valence-electron chi connectivity index (χ3n) is 3.20. The van der Waals surface area contributed by atoms with Crippen LogP contribution in [0, 0.1) is 0 Å². The minimum Gasteiger partial charge on any atom is -0.385 e. The van der Waals surface area contributed by atoms with Gasteiger partial charge < -0.3 is 5.11 Å². The van der Waals surface area contributed by atoms with Crippen molar-refractivity contribution in [3.05, 3.63) is 60.2 Å². The van der Waals surface area contributed by atoms with Gasteiger partial charge in [0.1, 0.15) is 0 Å². The first-order chi connectivity index (χ1) is 8.63. The first-order valence-electron chi connectivity index (χ1n) is 6.08. The molecule has 1 nitrogen and oxygen atoms in total. The first kappa shape index (κ1) is 12.8. The van der Waals surface area contributed by atoms with Crippen molar-refractivity contribution in [2.45, 2.75) is 18.9 Å². The average molecular weight is 244 g/mol. The molecule has 2 heteroatoms. The van der Waals surface area contributed by atoms with E-state index in [1.54, 1.807) is 6.92 Å². The summed E-state index contributed by atoms with van der Waals surface area (Å²) < 4.78 is 12.4. The Kier molecular flexibility index (Phi) is 3.78. The van der Waals surface area contributed by atoms with Crippen molar-refractivity contribution in [3.63, 3.8) is 0 Å². The molecule has 18 heavy (non-hydrogen) atoms. The van der Waals surface area contributed by atoms with Gasteiger partial charge in [-0.25, -0.2) is 0 Å². The quantitative estimate of drug-likeness (QED) is 0.864. The first-order valence-corrected chi connectivity index (χ1v) is 6.08. The van der Waals surface area contributed by atoms with E-state index in [1.807, 2.05) is 54.6 Å². The van der Waals surface area contributed by atoms with Crippen LogP contribution in [-0.4, -0.2) is 11.8 Å². The Bertz CT molecular complexity index is 488. The molecule has 0 aliphatic carbocycles. The van der Waals surface area contributed by atoms with Gasteiger partial charge >= 0.3 is 0 Å². The summed E-state index contributed by atoms with van der Waals surface area (Å²) in [6, 6.07) is 17.7. The predicted molar refractivity (Wildman–Crippen MR) is 72.0 cm³/mol. The number of aliphatic hydroxyl groups is 1. The molecule has 1 unspecified atom stereocenters. The average Bonchev–Trinajstić information content (AvgIpc) is 2.40. The van der Waals surface area contributed by atoms with Crippen LogP contribution < -0.4 is 0 Å². The highest BCUT2D eigenvalue weighted by Crippen LogP contribution is 2.27. The van der Waals surface area contributed by atoms with Crippen LogP contribution >= 0.6 is 0 Å². The zero-order valence-corrected chi connectivity index (χ0v) is 10.4. The van der Waals surface area contributed by atoms with Crippen molar-refractivity contribution in [1.29, 1.82) is 0 Å². The van der Waals surface area contributed by atoms with Crippen LogP contribution in [0.3, 0.4) is 0 Å². The maximum Gasteiger partial charge on any atom is 0.0925 e. The van der Waals surface area contributed by atoms with E-state index < -0.39 is 12.3 Å². The van der Waals surface area contributed by atoms with Gasteiger partial charge in [-0.3, -0.25) is 4.39 Å². The van der Waals surface area contributed by atoms with Crippen molar-refractivity contribution >= 4 is 0 Å². The molecule has 0 fully saturated rings. The monoisotopic (exact) mass is 244 g/mol. The molecule has 0 bridgehead atoms. The molecule has 0 amide bonds. The smallest absolute Gasteiger partial charge is 0.0925 e. The van der Waals surface area contributed by atoms with Crippen LogP contribution in [0.5, 0.6) is 0 Å². The van der Waals surface area contributed by atoms with Gasteiger partial charge in [0.05, 0.1) is 12.3 Å². The minimum atomic E-state index is -1.09.